The number of nitrogens with one attached hydrogen (secondary N) is 3. The predicted octanol–water partition coefficient (Wildman–Crippen LogP) is -1.59. The van der Waals surface area contributed by atoms with Crippen LogP contribution in [0.1, 0.15) is 18.1 Å². The van der Waals surface area contributed by atoms with E-state index in [9.17, 15) is 4.79 Å². The fourth-order valence-corrected chi connectivity index (χ4v) is 3.05. The summed E-state index contributed by atoms with van der Waals surface area (Å²) in [6, 6.07) is 8.84. The van der Waals surface area contributed by atoms with Gasteiger partial charge >= 0.3 is 0 Å². The lowest BCUT2D eigenvalue weighted by molar-refractivity contribution is -1.02. The zero-order valence-electron chi connectivity index (χ0n) is 12.8. The third kappa shape index (κ3) is 3.81. The number of quaternary nitrogens is 2. The van der Waals surface area contributed by atoms with Crippen molar-refractivity contribution in [3.05, 3.63) is 35.4 Å². The fourth-order valence-electron chi connectivity index (χ4n) is 3.05. The third-order valence-corrected chi connectivity index (χ3v) is 4.39. The van der Waals surface area contributed by atoms with Gasteiger partial charge in [-0.2, -0.15) is 0 Å². The second-order valence-corrected chi connectivity index (χ2v) is 5.91. The lowest BCUT2D eigenvalue weighted by Crippen LogP contribution is -3.29. The van der Waals surface area contributed by atoms with Crippen LogP contribution < -0.4 is 15.1 Å². The molecule has 1 aliphatic rings. The van der Waals surface area contributed by atoms with E-state index in [4.69, 9.17) is 0 Å². The van der Waals surface area contributed by atoms with Crippen LogP contribution in [0.4, 0.5) is 0 Å². The summed E-state index contributed by atoms with van der Waals surface area (Å²) in [5.41, 5.74) is 2.75. The minimum atomic E-state index is 0.0699. The second-order valence-electron chi connectivity index (χ2n) is 5.91. The number of hydrogen-bond acceptors (Lipinski definition) is 1. The summed E-state index contributed by atoms with van der Waals surface area (Å²) in [4.78, 5) is 14.7. The fraction of sp³-hybridized carbons (Fsp3) is 0.562. The van der Waals surface area contributed by atoms with Gasteiger partial charge in [0.1, 0.15) is 32.7 Å². The van der Waals surface area contributed by atoms with E-state index in [-0.39, 0.29) is 11.9 Å². The molecule has 1 amide bonds. The van der Waals surface area contributed by atoms with Gasteiger partial charge in [0.05, 0.1) is 0 Å². The Morgan fingerprint density at radius 3 is 2.60 bits per heavy atom. The minimum Gasteiger partial charge on any atom is -0.354 e. The molecular formula is C16H27N3O+2. The van der Waals surface area contributed by atoms with Gasteiger partial charge in [-0.25, -0.2) is 0 Å². The first-order chi connectivity index (χ1) is 9.60. The summed E-state index contributed by atoms with van der Waals surface area (Å²) < 4.78 is 0. The molecular weight excluding hydrogens is 250 g/mol. The van der Waals surface area contributed by atoms with Crippen LogP contribution in [0.5, 0.6) is 0 Å². The van der Waals surface area contributed by atoms with Crippen molar-refractivity contribution in [2.24, 2.45) is 0 Å². The zero-order valence-corrected chi connectivity index (χ0v) is 12.8. The third-order valence-electron chi connectivity index (χ3n) is 4.39. The van der Waals surface area contributed by atoms with E-state index in [0.717, 1.165) is 32.7 Å². The van der Waals surface area contributed by atoms with E-state index in [1.54, 1.807) is 11.9 Å². The molecule has 0 radical (unpaired) electrons. The number of benzene rings is 1. The van der Waals surface area contributed by atoms with Crippen LogP contribution in [0.2, 0.25) is 0 Å². The first-order valence-electron chi connectivity index (χ1n) is 7.55. The molecule has 4 nitrogen and oxygen atoms in total. The standard InChI is InChI=1S/C16H25N3O/c1-13-5-4-6-15(11-13)12-18-7-9-19(10-8-18)14(2)16(20)17-3/h4-6,11,14H,7-10,12H2,1-3H3,(H,17,20)/p+2/t14-/m1/s1. The van der Waals surface area contributed by atoms with Crippen LogP contribution >= 0.6 is 0 Å². The van der Waals surface area contributed by atoms with Gasteiger partial charge < -0.3 is 15.1 Å². The summed E-state index contributed by atoms with van der Waals surface area (Å²) in [6.45, 7) is 9.72. The van der Waals surface area contributed by atoms with Crippen molar-refractivity contribution in [3.63, 3.8) is 0 Å². The van der Waals surface area contributed by atoms with Gasteiger partial charge in [0.15, 0.2) is 6.04 Å². The largest absolute Gasteiger partial charge is 0.354 e. The molecule has 20 heavy (non-hydrogen) atoms. The maximum absolute atomic E-state index is 11.7. The highest BCUT2D eigenvalue weighted by Crippen LogP contribution is 2.01. The van der Waals surface area contributed by atoms with E-state index >= 15 is 0 Å². The molecule has 3 N–H and O–H groups in total. The van der Waals surface area contributed by atoms with Crippen molar-refractivity contribution in [2.75, 3.05) is 33.2 Å². The monoisotopic (exact) mass is 277 g/mol. The number of carbonyl (C=O) groups excluding carboxylic acids is 1. The Kier molecular flexibility index (Phi) is 5.15. The Morgan fingerprint density at radius 1 is 1.30 bits per heavy atom. The van der Waals surface area contributed by atoms with Gasteiger partial charge in [-0.15, -0.1) is 0 Å². The Morgan fingerprint density at radius 2 is 2.00 bits per heavy atom. The summed E-state index contributed by atoms with van der Waals surface area (Å²) >= 11 is 0. The van der Waals surface area contributed by atoms with Crippen molar-refractivity contribution >= 4 is 5.91 Å². The normalized spacial score (nSPS) is 24.1. The smallest absolute Gasteiger partial charge is 0.277 e. The number of aryl methyl sites for hydroxylation is 1. The van der Waals surface area contributed by atoms with Gasteiger partial charge in [0.2, 0.25) is 0 Å². The topological polar surface area (TPSA) is 38.0 Å². The van der Waals surface area contributed by atoms with E-state index < -0.39 is 0 Å². The molecule has 1 atom stereocenters. The van der Waals surface area contributed by atoms with E-state index in [1.807, 2.05) is 6.92 Å². The van der Waals surface area contributed by atoms with Gasteiger partial charge in [-0.1, -0.05) is 29.8 Å². The highest BCUT2D eigenvalue weighted by Gasteiger charge is 2.30. The first-order valence-corrected chi connectivity index (χ1v) is 7.55. The quantitative estimate of drug-likeness (QED) is 0.610. The lowest BCUT2D eigenvalue weighted by atomic mass is 10.1. The molecule has 1 aromatic rings. The van der Waals surface area contributed by atoms with Gasteiger partial charge in [-0.3, -0.25) is 4.79 Å². The molecule has 4 heteroatoms. The van der Waals surface area contributed by atoms with Gasteiger partial charge in [-0.05, 0) is 13.8 Å². The SMILES string of the molecule is CNC(=O)[C@@H](C)[NH+]1CC[NH+](Cc2cccc(C)c2)CC1. The molecule has 0 aliphatic carbocycles. The van der Waals surface area contributed by atoms with Crippen LogP contribution in [-0.4, -0.2) is 45.2 Å². The summed E-state index contributed by atoms with van der Waals surface area (Å²) in [5.74, 6) is 0.155. The van der Waals surface area contributed by atoms with Crippen molar-refractivity contribution in [1.82, 2.24) is 5.32 Å². The predicted molar refractivity (Wildman–Crippen MR) is 79.8 cm³/mol. The molecule has 1 saturated heterocycles. The molecule has 1 fully saturated rings. The number of likely N-dealkylation sites (N-methyl/N-ethyl adjacent to an activating group) is 1. The van der Waals surface area contributed by atoms with Crippen LogP contribution in [0, 0.1) is 6.92 Å². The zero-order chi connectivity index (χ0) is 14.5. The number of amides is 1. The maximum Gasteiger partial charge on any atom is 0.277 e. The van der Waals surface area contributed by atoms with Crippen molar-refractivity contribution < 1.29 is 14.6 Å². The molecule has 0 aromatic heterocycles. The molecule has 2 rings (SSSR count). The van der Waals surface area contributed by atoms with Crippen LogP contribution in [0.15, 0.2) is 24.3 Å². The molecule has 110 valence electrons. The van der Waals surface area contributed by atoms with Crippen molar-refractivity contribution in [2.45, 2.75) is 26.4 Å². The summed E-state index contributed by atoms with van der Waals surface area (Å²) in [6.07, 6.45) is 0. The Labute approximate surface area is 121 Å². The molecule has 1 aromatic carbocycles. The Bertz CT molecular complexity index is 453. The van der Waals surface area contributed by atoms with Crippen molar-refractivity contribution in [1.29, 1.82) is 0 Å². The number of carbonyl (C=O) groups is 1. The average molecular weight is 277 g/mol. The van der Waals surface area contributed by atoms with Crippen LogP contribution in [0.25, 0.3) is 0 Å². The maximum atomic E-state index is 11.7. The van der Waals surface area contributed by atoms with Crippen LogP contribution in [0.3, 0.4) is 0 Å². The Hall–Kier alpha value is -1.39. The minimum absolute atomic E-state index is 0.0699. The molecule has 0 saturated carbocycles. The second kappa shape index (κ2) is 6.86. The number of piperazine rings is 1. The molecule has 0 unspecified atom stereocenters. The summed E-state index contributed by atoms with van der Waals surface area (Å²) in [7, 11) is 1.72. The van der Waals surface area contributed by atoms with E-state index in [1.165, 1.54) is 16.0 Å². The van der Waals surface area contributed by atoms with Crippen molar-refractivity contribution in [3.8, 4) is 0 Å². The molecule has 0 bridgehead atoms. The van der Waals surface area contributed by atoms with Gasteiger partial charge in [0, 0.05) is 12.6 Å². The lowest BCUT2D eigenvalue weighted by Gasteiger charge is -2.32. The van der Waals surface area contributed by atoms with Gasteiger partial charge in [0.25, 0.3) is 5.91 Å². The van der Waals surface area contributed by atoms with Crippen LogP contribution in [-0.2, 0) is 11.3 Å². The Balaban J connectivity index is 1.84. The highest BCUT2D eigenvalue weighted by molar-refractivity contribution is 5.79. The number of rotatable bonds is 4. The first kappa shape index (κ1) is 15.0. The molecule has 0 spiro atoms. The molecule has 1 heterocycles. The summed E-state index contributed by atoms with van der Waals surface area (Å²) in [5, 5.41) is 2.75. The molecule has 1 aliphatic heterocycles. The average Bonchev–Trinajstić information content (AvgIpc) is 2.46. The van der Waals surface area contributed by atoms with E-state index in [2.05, 4.69) is 36.5 Å². The van der Waals surface area contributed by atoms with E-state index in [0.29, 0.717) is 0 Å². The number of hydrogen-bond donors (Lipinski definition) is 3. The highest BCUT2D eigenvalue weighted by atomic mass is 16.2.